The zero-order valence-electron chi connectivity index (χ0n) is 12.4. The first-order valence-electron chi connectivity index (χ1n) is 7.03. The normalized spacial score (nSPS) is 10.6. The molecule has 0 amide bonds. The first kappa shape index (κ1) is 15.1. The molecule has 0 unspecified atom stereocenters. The maximum Gasteiger partial charge on any atom is 0.271 e. The van der Waals surface area contributed by atoms with Crippen molar-refractivity contribution in [3.05, 3.63) is 81.7 Å². The Kier molecular flexibility index (Phi) is 4.12. The zero-order chi connectivity index (χ0) is 16.9. The van der Waals surface area contributed by atoms with Crippen LogP contribution in [0, 0.1) is 21.4 Å². The Bertz CT molecular complexity index is 955. The second kappa shape index (κ2) is 6.54. The van der Waals surface area contributed by atoms with Gasteiger partial charge in [0.05, 0.1) is 10.6 Å². The highest BCUT2D eigenvalue weighted by Gasteiger charge is 2.14. The molecule has 0 bridgehead atoms. The molecule has 0 spiro atoms. The first-order chi connectivity index (χ1) is 11.7. The summed E-state index contributed by atoms with van der Waals surface area (Å²) in [6, 6.07) is 17.5. The molecule has 7 nitrogen and oxygen atoms in total. The summed E-state index contributed by atoms with van der Waals surface area (Å²) >= 11 is 0. The van der Waals surface area contributed by atoms with E-state index in [1.165, 1.54) is 16.8 Å². The Morgan fingerprint density at radius 3 is 2.62 bits per heavy atom. The Labute approximate surface area is 137 Å². The molecule has 0 aliphatic rings. The number of non-ortho nitro benzene ring substituents is 1. The van der Waals surface area contributed by atoms with Crippen LogP contribution in [0.1, 0.15) is 17.0 Å². The molecule has 0 aliphatic carbocycles. The number of aromatic nitrogens is 3. The Morgan fingerprint density at radius 1 is 1.12 bits per heavy atom. The van der Waals surface area contributed by atoms with Crippen molar-refractivity contribution in [1.82, 2.24) is 15.0 Å². The van der Waals surface area contributed by atoms with Crippen LogP contribution in [0.15, 0.2) is 54.6 Å². The van der Waals surface area contributed by atoms with Crippen LogP contribution < -0.4 is 0 Å². The highest BCUT2D eigenvalue weighted by molar-refractivity contribution is 5.71. The highest BCUT2D eigenvalue weighted by Crippen LogP contribution is 2.20. The van der Waals surface area contributed by atoms with Gasteiger partial charge in [-0.1, -0.05) is 47.7 Å². The molecule has 24 heavy (non-hydrogen) atoms. The molecule has 0 radical (unpaired) electrons. The van der Waals surface area contributed by atoms with E-state index in [0.29, 0.717) is 11.4 Å². The highest BCUT2D eigenvalue weighted by atomic mass is 16.6. The molecule has 3 aromatic rings. The van der Waals surface area contributed by atoms with E-state index >= 15 is 0 Å². The number of hydrogen-bond acceptors (Lipinski definition) is 5. The molecular weight excluding hydrogens is 306 g/mol. The van der Waals surface area contributed by atoms with Gasteiger partial charge in [0.1, 0.15) is 11.8 Å². The summed E-state index contributed by atoms with van der Waals surface area (Å²) in [5.41, 5.74) is 1.97. The van der Waals surface area contributed by atoms with Crippen LogP contribution in [-0.4, -0.2) is 19.9 Å². The lowest BCUT2D eigenvalue weighted by molar-refractivity contribution is -0.384. The summed E-state index contributed by atoms with van der Waals surface area (Å²) < 4.78 is 1.41. The maximum absolute atomic E-state index is 10.9. The minimum atomic E-state index is -0.481. The van der Waals surface area contributed by atoms with Gasteiger partial charge in [-0.25, -0.2) is 4.68 Å². The number of nitrogens with zero attached hydrogens (tertiary/aromatic N) is 5. The van der Waals surface area contributed by atoms with Gasteiger partial charge >= 0.3 is 0 Å². The Hall–Kier alpha value is -3.79. The molecule has 1 aromatic heterocycles. The molecular formula is C17H11N5O2. The number of nitriles is 1. The van der Waals surface area contributed by atoms with Crippen LogP contribution in [0.25, 0.3) is 17.8 Å². The standard InChI is InChI=1S/C17H11N5O2/c18-12-16-17(10-9-13-5-2-1-3-6-13)21(20-19-16)14-7-4-8-15(11-14)22(23)24/h1-11H/b10-9+. The average Bonchev–Trinajstić information content (AvgIpc) is 3.04. The molecule has 3 rings (SSSR count). The van der Waals surface area contributed by atoms with E-state index in [-0.39, 0.29) is 11.4 Å². The summed E-state index contributed by atoms with van der Waals surface area (Å²) in [6.45, 7) is 0. The van der Waals surface area contributed by atoms with E-state index in [1.807, 2.05) is 42.5 Å². The van der Waals surface area contributed by atoms with Gasteiger partial charge in [0.25, 0.3) is 5.69 Å². The number of nitro benzene ring substituents is 1. The molecule has 0 fully saturated rings. The topological polar surface area (TPSA) is 97.6 Å². The second-order valence-electron chi connectivity index (χ2n) is 4.87. The molecule has 0 saturated heterocycles. The van der Waals surface area contributed by atoms with Crippen molar-refractivity contribution in [2.45, 2.75) is 0 Å². The quantitative estimate of drug-likeness (QED) is 0.543. The molecule has 2 aromatic carbocycles. The molecule has 0 aliphatic heterocycles. The number of hydrogen-bond donors (Lipinski definition) is 0. The largest absolute Gasteiger partial charge is 0.271 e. The van der Waals surface area contributed by atoms with Crippen molar-refractivity contribution in [2.24, 2.45) is 0 Å². The lowest BCUT2D eigenvalue weighted by Crippen LogP contribution is -2.00. The van der Waals surface area contributed by atoms with Crippen molar-refractivity contribution in [3.63, 3.8) is 0 Å². The monoisotopic (exact) mass is 317 g/mol. The second-order valence-corrected chi connectivity index (χ2v) is 4.87. The van der Waals surface area contributed by atoms with E-state index in [9.17, 15) is 15.4 Å². The van der Waals surface area contributed by atoms with E-state index in [2.05, 4.69) is 10.3 Å². The van der Waals surface area contributed by atoms with Gasteiger partial charge in [0, 0.05) is 12.1 Å². The third-order valence-corrected chi connectivity index (χ3v) is 3.33. The maximum atomic E-state index is 10.9. The SMILES string of the molecule is N#Cc1nnn(-c2cccc([N+](=O)[O-])c2)c1/C=C/c1ccccc1. The van der Waals surface area contributed by atoms with E-state index in [0.717, 1.165) is 5.56 Å². The Balaban J connectivity index is 2.06. The summed E-state index contributed by atoms with van der Waals surface area (Å²) in [5, 5.41) is 27.9. The van der Waals surface area contributed by atoms with E-state index < -0.39 is 4.92 Å². The van der Waals surface area contributed by atoms with E-state index in [1.54, 1.807) is 18.2 Å². The Morgan fingerprint density at radius 2 is 1.92 bits per heavy atom. The van der Waals surface area contributed by atoms with Crippen LogP contribution in [0.2, 0.25) is 0 Å². The van der Waals surface area contributed by atoms with Gasteiger partial charge in [-0.05, 0) is 17.7 Å². The average molecular weight is 317 g/mol. The zero-order valence-corrected chi connectivity index (χ0v) is 12.4. The van der Waals surface area contributed by atoms with Gasteiger partial charge in [-0.3, -0.25) is 10.1 Å². The molecule has 0 atom stereocenters. The van der Waals surface area contributed by atoms with Crippen LogP contribution in [0.4, 0.5) is 5.69 Å². The van der Waals surface area contributed by atoms with Crippen molar-refractivity contribution < 1.29 is 4.92 Å². The first-order valence-corrected chi connectivity index (χ1v) is 7.03. The molecule has 7 heteroatoms. The number of nitro groups is 1. The van der Waals surface area contributed by atoms with Gasteiger partial charge in [-0.15, -0.1) is 5.10 Å². The van der Waals surface area contributed by atoms with Crippen molar-refractivity contribution in [3.8, 4) is 11.8 Å². The third kappa shape index (κ3) is 3.03. The number of benzene rings is 2. The smallest absolute Gasteiger partial charge is 0.258 e. The fourth-order valence-corrected chi connectivity index (χ4v) is 2.19. The third-order valence-electron chi connectivity index (χ3n) is 3.33. The van der Waals surface area contributed by atoms with Crippen LogP contribution in [-0.2, 0) is 0 Å². The summed E-state index contributed by atoms with van der Waals surface area (Å²) in [5.74, 6) is 0. The summed E-state index contributed by atoms with van der Waals surface area (Å²) in [6.07, 6.45) is 3.54. The van der Waals surface area contributed by atoms with Gasteiger partial charge in [0.2, 0.25) is 0 Å². The lowest BCUT2D eigenvalue weighted by atomic mass is 10.2. The minimum absolute atomic E-state index is 0.0560. The van der Waals surface area contributed by atoms with Crippen molar-refractivity contribution in [2.75, 3.05) is 0 Å². The van der Waals surface area contributed by atoms with E-state index in [4.69, 9.17) is 0 Å². The van der Waals surface area contributed by atoms with Gasteiger partial charge in [-0.2, -0.15) is 5.26 Å². The summed E-state index contributed by atoms with van der Waals surface area (Å²) in [7, 11) is 0. The van der Waals surface area contributed by atoms with Gasteiger partial charge in [0.15, 0.2) is 5.69 Å². The lowest BCUT2D eigenvalue weighted by Gasteiger charge is -2.03. The van der Waals surface area contributed by atoms with Crippen LogP contribution in [0.5, 0.6) is 0 Å². The fraction of sp³-hybridized carbons (Fsp3) is 0. The molecule has 116 valence electrons. The number of rotatable bonds is 4. The van der Waals surface area contributed by atoms with Crippen molar-refractivity contribution >= 4 is 17.8 Å². The summed E-state index contributed by atoms with van der Waals surface area (Å²) in [4.78, 5) is 10.5. The predicted octanol–water partition coefficient (Wildman–Crippen LogP) is 3.22. The van der Waals surface area contributed by atoms with Gasteiger partial charge < -0.3 is 0 Å². The van der Waals surface area contributed by atoms with Crippen LogP contribution in [0.3, 0.4) is 0 Å². The fourth-order valence-electron chi connectivity index (χ4n) is 2.19. The van der Waals surface area contributed by atoms with Crippen LogP contribution >= 0.6 is 0 Å². The molecule has 1 heterocycles. The molecule has 0 saturated carbocycles. The molecule has 0 N–H and O–H groups in total. The predicted molar refractivity (Wildman–Crippen MR) is 88.1 cm³/mol. The minimum Gasteiger partial charge on any atom is -0.258 e. The van der Waals surface area contributed by atoms with Crippen molar-refractivity contribution in [1.29, 1.82) is 5.26 Å².